The van der Waals surface area contributed by atoms with Crippen molar-refractivity contribution in [2.75, 3.05) is 19.8 Å². The molecule has 1 aliphatic rings. The lowest BCUT2D eigenvalue weighted by Gasteiger charge is -2.25. The van der Waals surface area contributed by atoms with Crippen molar-refractivity contribution in [2.24, 2.45) is 0 Å². The molecule has 1 amide bonds. The molecule has 0 aromatic heterocycles. The second-order valence-electron chi connectivity index (χ2n) is 9.02. The van der Waals surface area contributed by atoms with Gasteiger partial charge >= 0.3 is 0 Å². The maximum atomic E-state index is 13.3. The number of aliphatic hydroxyl groups is 1. The molecule has 1 unspecified atom stereocenters. The largest absolute Gasteiger partial charge is 0.507 e. The van der Waals surface area contributed by atoms with Gasteiger partial charge in [-0.2, -0.15) is 0 Å². The third-order valence-corrected chi connectivity index (χ3v) is 6.29. The van der Waals surface area contributed by atoms with Gasteiger partial charge in [-0.15, -0.1) is 0 Å². The molecule has 0 radical (unpaired) electrons. The van der Waals surface area contributed by atoms with Gasteiger partial charge in [0.05, 0.1) is 24.8 Å². The maximum absolute atomic E-state index is 13.3. The Kier molecular flexibility index (Phi) is 8.62. The molecule has 1 aliphatic heterocycles. The van der Waals surface area contributed by atoms with Crippen LogP contribution >= 0.6 is 0 Å². The quantitative estimate of drug-likeness (QED) is 0.201. The van der Waals surface area contributed by atoms with Gasteiger partial charge < -0.3 is 19.5 Å². The van der Waals surface area contributed by atoms with Crippen LogP contribution in [-0.2, 0) is 16.0 Å². The monoisotopic (exact) mass is 499 g/mol. The number of ketones is 1. The maximum Gasteiger partial charge on any atom is 0.295 e. The molecular formula is C31H33NO5. The number of likely N-dealkylation sites (tertiary alicyclic amines) is 1. The van der Waals surface area contributed by atoms with E-state index < -0.39 is 17.7 Å². The van der Waals surface area contributed by atoms with Crippen LogP contribution < -0.4 is 9.47 Å². The molecule has 1 heterocycles. The van der Waals surface area contributed by atoms with Crippen LogP contribution in [0.3, 0.4) is 0 Å². The fraction of sp³-hybridized carbons (Fsp3) is 0.290. The molecule has 1 atom stereocenters. The molecule has 192 valence electrons. The lowest BCUT2D eigenvalue weighted by molar-refractivity contribution is -0.139. The SMILES string of the molecule is CCCOc1ccc(/C(O)=C2\C(=O)C(=O)N(CCc3ccccc3)C2c2ccc(OCCC)cc2)cc1. The number of carbonyl (C=O) groups is 2. The molecule has 0 aliphatic carbocycles. The summed E-state index contributed by atoms with van der Waals surface area (Å²) < 4.78 is 11.3. The molecule has 1 fully saturated rings. The zero-order valence-electron chi connectivity index (χ0n) is 21.4. The molecule has 3 aromatic carbocycles. The van der Waals surface area contributed by atoms with E-state index in [-0.39, 0.29) is 11.3 Å². The van der Waals surface area contributed by atoms with E-state index in [1.807, 2.05) is 68.4 Å². The van der Waals surface area contributed by atoms with Crippen LogP contribution in [-0.4, -0.2) is 41.5 Å². The summed E-state index contributed by atoms with van der Waals surface area (Å²) in [7, 11) is 0. The lowest BCUT2D eigenvalue weighted by Crippen LogP contribution is -2.31. The van der Waals surface area contributed by atoms with Crippen molar-refractivity contribution in [3.63, 3.8) is 0 Å². The average molecular weight is 500 g/mol. The number of ether oxygens (including phenoxy) is 2. The van der Waals surface area contributed by atoms with Crippen LogP contribution in [0.15, 0.2) is 84.4 Å². The highest BCUT2D eigenvalue weighted by Crippen LogP contribution is 2.40. The smallest absolute Gasteiger partial charge is 0.295 e. The highest BCUT2D eigenvalue weighted by atomic mass is 16.5. The summed E-state index contributed by atoms with van der Waals surface area (Å²) in [5.74, 6) is -0.0979. The summed E-state index contributed by atoms with van der Waals surface area (Å²) in [5, 5.41) is 11.3. The van der Waals surface area contributed by atoms with E-state index in [4.69, 9.17) is 9.47 Å². The van der Waals surface area contributed by atoms with Crippen LogP contribution in [0.2, 0.25) is 0 Å². The van der Waals surface area contributed by atoms with Gasteiger partial charge in [-0.1, -0.05) is 56.3 Å². The first-order valence-corrected chi connectivity index (χ1v) is 12.8. The third-order valence-electron chi connectivity index (χ3n) is 6.29. The van der Waals surface area contributed by atoms with Crippen molar-refractivity contribution in [1.82, 2.24) is 4.90 Å². The van der Waals surface area contributed by atoms with Crippen LogP contribution in [0.1, 0.15) is 49.4 Å². The number of rotatable bonds is 11. The number of nitrogens with zero attached hydrogens (tertiary/aromatic N) is 1. The fourth-order valence-corrected chi connectivity index (χ4v) is 4.40. The number of hydrogen-bond acceptors (Lipinski definition) is 5. The van der Waals surface area contributed by atoms with Crippen LogP contribution in [0.5, 0.6) is 11.5 Å². The molecular weight excluding hydrogens is 466 g/mol. The molecule has 6 nitrogen and oxygen atoms in total. The number of hydrogen-bond donors (Lipinski definition) is 1. The highest BCUT2D eigenvalue weighted by molar-refractivity contribution is 6.46. The number of amides is 1. The normalized spacial score (nSPS) is 16.7. The van der Waals surface area contributed by atoms with Crippen LogP contribution in [0.4, 0.5) is 0 Å². The van der Waals surface area contributed by atoms with Gasteiger partial charge in [0.2, 0.25) is 0 Å². The first-order chi connectivity index (χ1) is 18.0. The van der Waals surface area contributed by atoms with E-state index in [1.165, 1.54) is 0 Å². The van der Waals surface area contributed by atoms with E-state index in [1.54, 1.807) is 29.2 Å². The fourth-order valence-electron chi connectivity index (χ4n) is 4.40. The van der Waals surface area contributed by atoms with E-state index in [9.17, 15) is 14.7 Å². The number of aliphatic hydroxyl groups excluding tert-OH is 1. The summed E-state index contributed by atoms with van der Waals surface area (Å²) in [6.07, 6.45) is 2.37. The summed E-state index contributed by atoms with van der Waals surface area (Å²) in [6, 6.07) is 23.4. The molecule has 6 heteroatoms. The van der Waals surface area contributed by atoms with Gasteiger partial charge in [0.25, 0.3) is 11.7 Å². The van der Waals surface area contributed by atoms with Gasteiger partial charge in [-0.25, -0.2) is 0 Å². The summed E-state index contributed by atoms with van der Waals surface area (Å²) in [4.78, 5) is 28.1. The predicted octanol–water partition coefficient (Wildman–Crippen LogP) is 5.93. The van der Waals surface area contributed by atoms with Crippen molar-refractivity contribution >= 4 is 17.4 Å². The predicted molar refractivity (Wildman–Crippen MR) is 144 cm³/mol. The minimum absolute atomic E-state index is 0.0857. The van der Waals surface area contributed by atoms with E-state index in [0.717, 1.165) is 29.7 Å². The first kappa shape index (κ1) is 26.0. The molecule has 37 heavy (non-hydrogen) atoms. The van der Waals surface area contributed by atoms with Crippen LogP contribution in [0.25, 0.3) is 5.76 Å². The molecule has 0 saturated carbocycles. The second-order valence-corrected chi connectivity index (χ2v) is 9.02. The van der Waals surface area contributed by atoms with Gasteiger partial charge in [-0.05, 0) is 66.8 Å². The Bertz CT molecular complexity index is 1230. The Morgan fingerprint density at radius 2 is 1.38 bits per heavy atom. The molecule has 3 aromatic rings. The van der Waals surface area contributed by atoms with Crippen LogP contribution in [0, 0.1) is 0 Å². The van der Waals surface area contributed by atoms with E-state index in [0.29, 0.717) is 37.5 Å². The molecule has 4 rings (SSSR count). The average Bonchev–Trinajstić information content (AvgIpc) is 3.19. The van der Waals surface area contributed by atoms with Gasteiger partial charge in [0.15, 0.2) is 0 Å². The molecule has 0 spiro atoms. The summed E-state index contributed by atoms with van der Waals surface area (Å²) in [6.45, 7) is 5.60. The topological polar surface area (TPSA) is 76.1 Å². The van der Waals surface area contributed by atoms with E-state index >= 15 is 0 Å². The van der Waals surface area contributed by atoms with Gasteiger partial charge in [0.1, 0.15) is 17.3 Å². The first-order valence-electron chi connectivity index (χ1n) is 12.8. The number of benzene rings is 3. The van der Waals surface area contributed by atoms with Crippen molar-refractivity contribution in [1.29, 1.82) is 0 Å². The minimum Gasteiger partial charge on any atom is -0.507 e. The van der Waals surface area contributed by atoms with Crippen molar-refractivity contribution in [3.8, 4) is 11.5 Å². The summed E-state index contributed by atoms with van der Waals surface area (Å²) >= 11 is 0. The number of Topliss-reactive ketones (excluding diaryl/α,β-unsaturated/α-hetero) is 1. The van der Waals surface area contributed by atoms with Crippen molar-refractivity contribution < 1.29 is 24.2 Å². The third kappa shape index (κ3) is 6.02. The second kappa shape index (κ2) is 12.3. The molecule has 1 N–H and O–H groups in total. The number of carbonyl (C=O) groups excluding carboxylic acids is 2. The summed E-state index contributed by atoms with van der Waals surface area (Å²) in [5.41, 5.74) is 2.34. The standard InChI is InChI=1S/C31H33NO5/c1-3-20-36-25-14-10-23(11-15-25)28-27(29(33)24-12-16-26(17-13-24)37-21-4-2)30(34)31(35)32(28)19-18-22-8-6-5-7-9-22/h5-17,28,33H,3-4,18-21H2,1-2H3/b29-27+. The Labute approximate surface area is 218 Å². The Morgan fingerprint density at radius 3 is 1.95 bits per heavy atom. The minimum atomic E-state index is -0.708. The zero-order valence-corrected chi connectivity index (χ0v) is 21.4. The van der Waals surface area contributed by atoms with Crippen molar-refractivity contribution in [3.05, 3.63) is 101 Å². The molecule has 0 bridgehead atoms. The van der Waals surface area contributed by atoms with Crippen molar-refractivity contribution in [2.45, 2.75) is 39.2 Å². The Balaban J connectivity index is 1.70. The van der Waals surface area contributed by atoms with Gasteiger partial charge in [0, 0.05) is 12.1 Å². The molecule has 1 saturated heterocycles. The zero-order chi connectivity index (χ0) is 26.2. The highest BCUT2D eigenvalue weighted by Gasteiger charge is 2.45. The van der Waals surface area contributed by atoms with Gasteiger partial charge in [-0.3, -0.25) is 9.59 Å². The Morgan fingerprint density at radius 1 is 0.811 bits per heavy atom. The van der Waals surface area contributed by atoms with E-state index in [2.05, 4.69) is 0 Å². The Hall–Kier alpha value is -4.06. The lowest BCUT2D eigenvalue weighted by atomic mass is 9.95.